The van der Waals surface area contributed by atoms with E-state index >= 15 is 0 Å². The lowest BCUT2D eigenvalue weighted by atomic mass is 10.2. The van der Waals surface area contributed by atoms with Crippen molar-refractivity contribution in [1.29, 1.82) is 0 Å². The number of ether oxygens (including phenoxy) is 3. The van der Waals surface area contributed by atoms with Gasteiger partial charge in [-0.1, -0.05) is 39.7 Å². The van der Waals surface area contributed by atoms with Gasteiger partial charge in [-0.25, -0.2) is 0 Å². The van der Waals surface area contributed by atoms with Crippen LogP contribution in [0.15, 0.2) is 46.9 Å². The SMILES string of the molecule is O=C(COc1ccc(Br)cc1Cl)Nc1ccccc1OCC1CCCO1. The van der Waals surface area contributed by atoms with Crippen molar-refractivity contribution in [2.24, 2.45) is 0 Å². The Bertz CT molecular complexity index is 765. The summed E-state index contributed by atoms with van der Waals surface area (Å²) in [5.41, 5.74) is 0.598. The van der Waals surface area contributed by atoms with E-state index in [4.69, 9.17) is 25.8 Å². The van der Waals surface area contributed by atoms with Gasteiger partial charge >= 0.3 is 0 Å². The summed E-state index contributed by atoms with van der Waals surface area (Å²) in [7, 11) is 0. The normalized spacial score (nSPS) is 16.3. The zero-order valence-corrected chi connectivity index (χ0v) is 16.4. The van der Waals surface area contributed by atoms with Crippen LogP contribution in [0.2, 0.25) is 5.02 Å². The molecule has 1 amide bonds. The Morgan fingerprint density at radius 3 is 2.85 bits per heavy atom. The fourth-order valence-electron chi connectivity index (χ4n) is 2.58. The molecule has 138 valence electrons. The molecule has 0 bridgehead atoms. The van der Waals surface area contributed by atoms with Crippen LogP contribution < -0.4 is 14.8 Å². The lowest BCUT2D eigenvalue weighted by Crippen LogP contribution is -2.21. The molecule has 0 aromatic heterocycles. The highest BCUT2D eigenvalue weighted by atomic mass is 79.9. The summed E-state index contributed by atoms with van der Waals surface area (Å²) in [6.07, 6.45) is 2.17. The molecule has 1 atom stereocenters. The van der Waals surface area contributed by atoms with Crippen molar-refractivity contribution in [3.05, 3.63) is 52.0 Å². The van der Waals surface area contributed by atoms with Gasteiger partial charge in [-0.15, -0.1) is 0 Å². The van der Waals surface area contributed by atoms with Crippen LogP contribution in [-0.2, 0) is 9.53 Å². The van der Waals surface area contributed by atoms with Gasteiger partial charge < -0.3 is 19.5 Å². The highest BCUT2D eigenvalue weighted by molar-refractivity contribution is 9.10. The Balaban J connectivity index is 1.55. The summed E-state index contributed by atoms with van der Waals surface area (Å²) in [6, 6.07) is 12.5. The maximum atomic E-state index is 12.2. The molecule has 26 heavy (non-hydrogen) atoms. The van der Waals surface area contributed by atoms with Gasteiger partial charge in [-0.2, -0.15) is 0 Å². The molecule has 1 heterocycles. The average molecular weight is 441 g/mol. The van der Waals surface area contributed by atoms with Gasteiger partial charge in [-0.05, 0) is 43.2 Å². The zero-order valence-electron chi connectivity index (χ0n) is 14.0. The standard InChI is InChI=1S/C19H19BrClNO4/c20-13-7-8-17(15(21)10-13)26-12-19(23)22-16-5-1-2-6-18(16)25-11-14-4-3-9-24-14/h1-2,5-8,10,14H,3-4,9,11-12H2,(H,22,23). The molecule has 1 fully saturated rings. The number of hydrogen-bond acceptors (Lipinski definition) is 4. The molecule has 0 spiro atoms. The van der Waals surface area contributed by atoms with Crippen molar-refractivity contribution in [3.8, 4) is 11.5 Å². The number of nitrogens with one attached hydrogen (secondary N) is 1. The minimum atomic E-state index is -0.294. The predicted octanol–water partition coefficient (Wildman–Crippen LogP) is 4.68. The third kappa shape index (κ3) is 5.37. The zero-order chi connectivity index (χ0) is 18.4. The van der Waals surface area contributed by atoms with Crippen LogP contribution in [0, 0.1) is 0 Å². The Hall–Kier alpha value is -1.76. The van der Waals surface area contributed by atoms with Crippen LogP contribution in [0.1, 0.15) is 12.8 Å². The largest absolute Gasteiger partial charge is 0.489 e. The monoisotopic (exact) mass is 439 g/mol. The molecule has 1 aliphatic heterocycles. The number of halogens is 2. The van der Waals surface area contributed by atoms with Crippen LogP contribution in [0.3, 0.4) is 0 Å². The minimum Gasteiger partial charge on any atom is -0.489 e. The fraction of sp³-hybridized carbons (Fsp3) is 0.316. The Labute approximate surface area is 165 Å². The number of anilines is 1. The molecule has 0 aliphatic carbocycles. The van der Waals surface area contributed by atoms with E-state index in [0.29, 0.717) is 28.8 Å². The van der Waals surface area contributed by atoms with Gasteiger partial charge in [0.15, 0.2) is 6.61 Å². The van der Waals surface area contributed by atoms with Gasteiger partial charge in [0.1, 0.15) is 18.1 Å². The van der Waals surface area contributed by atoms with Gasteiger partial charge in [-0.3, -0.25) is 4.79 Å². The molecule has 1 unspecified atom stereocenters. The number of carbonyl (C=O) groups is 1. The maximum absolute atomic E-state index is 12.2. The summed E-state index contributed by atoms with van der Waals surface area (Å²) in [4.78, 5) is 12.2. The van der Waals surface area contributed by atoms with Crippen molar-refractivity contribution in [2.45, 2.75) is 18.9 Å². The maximum Gasteiger partial charge on any atom is 0.262 e. The molecule has 2 aromatic rings. The molecule has 1 saturated heterocycles. The molecule has 1 aliphatic rings. The molecule has 1 N–H and O–H groups in total. The molecule has 7 heteroatoms. The van der Waals surface area contributed by atoms with Crippen molar-refractivity contribution >= 4 is 39.1 Å². The number of carbonyl (C=O) groups excluding carboxylic acids is 1. The number of hydrogen-bond donors (Lipinski definition) is 1. The summed E-state index contributed by atoms with van der Waals surface area (Å²) < 4.78 is 17.7. The number of rotatable bonds is 7. The number of amides is 1. The lowest BCUT2D eigenvalue weighted by molar-refractivity contribution is -0.118. The van der Waals surface area contributed by atoms with Crippen LogP contribution in [0.25, 0.3) is 0 Å². The molecule has 5 nitrogen and oxygen atoms in total. The van der Waals surface area contributed by atoms with Crippen LogP contribution in [0.4, 0.5) is 5.69 Å². The van der Waals surface area contributed by atoms with E-state index in [2.05, 4.69) is 21.2 Å². The summed E-state index contributed by atoms with van der Waals surface area (Å²) in [5, 5.41) is 3.24. The van der Waals surface area contributed by atoms with Crippen molar-refractivity contribution in [3.63, 3.8) is 0 Å². The average Bonchev–Trinajstić information content (AvgIpc) is 3.14. The van der Waals surface area contributed by atoms with Crippen LogP contribution >= 0.6 is 27.5 Å². The van der Waals surface area contributed by atoms with E-state index < -0.39 is 0 Å². The van der Waals surface area contributed by atoms with Gasteiger partial charge in [0.25, 0.3) is 5.91 Å². The van der Waals surface area contributed by atoms with Gasteiger partial charge in [0.2, 0.25) is 0 Å². The molecular formula is C19H19BrClNO4. The van der Waals surface area contributed by atoms with E-state index in [1.165, 1.54) is 0 Å². The first-order chi connectivity index (χ1) is 12.6. The Morgan fingerprint density at radius 1 is 1.23 bits per heavy atom. The van der Waals surface area contributed by atoms with Gasteiger partial charge in [0, 0.05) is 11.1 Å². The highest BCUT2D eigenvalue weighted by Crippen LogP contribution is 2.28. The van der Waals surface area contributed by atoms with E-state index in [1.807, 2.05) is 18.2 Å². The molecule has 0 radical (unpaired) electrons. The number of benzene rings is 2. The van der Waals surface area contributed by atoms with E-state index in [0.717, 1.165) is 23.9 Å². The summed E-state index contributed by atoms with van der Waals surface area (Å²) >= 11 is 9.41. The first-order valence-corrected chi connectivity index (χ1v) is 9.50. The second kappa shape index (κ2) is 9.26. The molecule has 3 rings (SSSR count). The molecule has 2 aromatic carbocycles. The number of para-hydroxylation sites is 2. The van der Waals surface area contributed by atoms with E-state index in [-0.39, 0.29) is 18.6 Å². The third-order valence-corrected chi connectivity index (χ3v) is 4.65. The highest BCUT2D eigenvalue weighted by Gasteiger charge is 2.17. The summed E-state index contributed by atoms with van der Waals surface area (Å²) in [5.74, 6) is 0.767. The molecule has 0 saturated carbocycles. The first-order valence-electron chi connectivity index (χ1n) is 8.33. The molecular weight excluding hydrogens is 422 g/mol. The van der Waals surface area contributed by atoms with E-state index in [9.17, 15) is 4.79 Å². The van der Waals surface area contributed by atoms with Gasteiger partial charge in [0.05, 0.1) is 16.8 Å². The van der Waals surface area contributed by atoms with Crippen LogP contribution in [-0.4, -0.2) is 31.8 Å². The second-order valence-corrected chi connectivity index (χ2v) is 7.18. The smallest absolute Gasteiger partial charge is 0.262 e. The fourth-order valence-corrected chi connectivity index (χ4v) is 3.30. The minimum absolute atomic E-state index is 0.113. The van der Waals surface area contributed by atoms with Crippen molar-refractivity contribution < 1.29 is 19.0 Å². The Morgan fingerprint density at radius 2 is 2.08 bits per heavy atom. The summed E-state index contributed by atoms with van der Waals surface area (Å²) in [6.45, 7) is 1.10. The Kier molecular flexibility index (Phi) is 6.77. The van der Waals surface area contributed by atoms with E-state index in [1.54, 1.807) is 24.3 Å². The van der Waals surface area contributed by atoms with Crippen LogP contribution in [0.5, 0.6) is 11.5 Å². The predicted molar refractivity (Wildman–Crippen MR) is 104 cm³/mol. The van der Waals surface area contributed by atoms with Crippen molar-refractivity contribution in [2.75, 3.05) is 25.1 Å². The van der Waals surface area contributed by atoms with Crippen molar-refractivity contribution in [1.82, 2.24) is 0 Å². The third-order valence-electron chi connectivity index (χ3n) is 3.86. The topological polar surface area (TPSA) is 56.8 Å². The first kappa shape index (κ1) is 19.0. The quantitative estimate of drug-likeness (QED) is 0.679. The lowest BCUT2D eigenvalue weighted by Gasteiger charge is -2.15. The second-order valence-electron chi connectivity index (χ2n) is 5.85.